The molecule has 2 atom stereocenters. The van der Waals surface area contributed by atoms with Crippen molar-refractivity contribution in [2.24, 2.45) is 5.73 Å². The SMILES string of the molecule is CCC(N)c1cccc(S(=O)(=O)NC(C)C(=O)OC)c1. The van der Waals surface area contributed by atoms with E-state index in [4.69, 9.17) is 5.73 Å². The summed E-state index contributed by atoms with van der Waals surface area (Å²) in [4.78, 5) is 11.4. The number of nitrogens with two attached hydrogens (primary N) is 1. The van der Waals surface area contributed by atoms with E-state index < -0.39 is 22.0 Å². The van der Waals surface area contributed by atoms with Crippen molar-refractivity contribution in [1.29, 1.82) is 0 Å². The van der Waals surface area contributed by atoms with E-state index in [9.17, 15) is 13.2 Å². The van der Waals surface area contributed by atoms with Gasteiger partial charge in [-0.05, 0) is 31.0 Å². The molecule has 2 unspecified atom stereocenters. The number of hydrogen-bond acceptors (Lipinski definition) is 5. The van der Waals surface area contributed by atoms with Crippen molar-refractivity contribution >= 4 is 16.0 Å². The zero-order valence-electron chi connectivity index (χ0n) is 11.8. The molecule has 6 nitrogen and oxygen atoms in total. The molecule has 1 aromatic carbocycles. The van der Waals surface area contributed by atoms with Gasteiger partial charge in [-0.25, -0.2) is 8.42 Å². The number of ether oxygens (including phenoxy) is 1. The summed E-state index contributed by atoms with van der Waals surface area (Å²) in [7, 11) is -2.58. The molecule has 0 aliphatic carbocycles. The van der Waals surface area contributed by atoms with E-state index in [0.29, 0.717) is 6.42 Å². The lowest BCUT2D eigenvalue weighted by Crippen LogP contribution is -2.39. The number of methoxy groups -OCH3 is 1. The molecule has 0 saturated carbocycles. The highest BCUT2D eigenvalue weighted by Gasteiger charge is 2.22. The standard InChI is InChI=1S/C13H20N2O4S/c1-4-12(14)10-6-5-7-11(8-10)20(17,18)15-9(2)13(16)19-3/h5-9,12,15H,4,14H2,1-3H3. The molecule has 20 heavy (non-hydrogen) atoms. The first kappa shape index (κ1) is 16.6. The second-order valence-electron chi connectivity index (χ2n) is 4.45. The van der Waals surface area contributed by atoms with Crippen LogP contribution in [0.25, 0.3) is 0 Å². The predicted octanol–water partition coefficient (Wildman–Crippen LogP) is 0.936. The van der Waals surface area contributed by atoms with Crippen molar-refractivity contribution in [2.75, 3.05) is 7.11 Å². The molecular formula is C13H20N2O4S. The number of nitrogens with one attached hydrogen (secondary N) is 1. The molecular weight excluding hydrogens is 280 g/mol. The molecule has 1 rings (SSSR count). The van der Waals surface area contributed by atoms with Crippen LogP contribution in [-0.2, 0) is 19.6 Å². The van der Waals surface area contributed by atoms with Crippen LogP contribution < -0.4 is 10.5 Å². The summed E-state index contributed by atoms with van der Waals surface area (Å²) in [6.45, 7) is 3.34. The fraction of sp³-hybridized carbons (Fsp3) is 0.462. The number of carbonyl (C=O) groups excluding carboxylic acids is 1. The quantitative estimate of drug-likeness (QED) is 0.762. The highest BCUT2D eigenvalue weighted by atomic mass is 32.2. The third-order valence-corrected chi connectivity index (χ3v) is 4.46. The molecule has 0 radical (unpaired) electrons. The number of carbonyl (C=O) groups is 1. The fourth-order valence-corrected chi connectivity index (χ4v) is 2.92. The van der Waals surface area contributed by atoms with Crippen molar-refractivity contribution in [1.82, 2.24) is 4.72 Å². The van der Waals surface area contributed by atoms with E-state index in [0.717, 1.165) is 5.56 Å². The Morgan fingerprint density at radius 2 is 2.10 bits per heavy atom. The lowest BCUT2D eigenvalue weighted by Gasteiger charge is -2.14. The molecule has 7 heteroatoms. The number of hydrogen-bond donors (Lipinski definition) is 2. The first-order valence-electron chi connectivity index (χ1n) is 6.27. The minimum atomic E-state index is -3.79. The van der Waals surface area contributed by atoms with Crippen molar-refractivity contribution in [3.63, 3.8) is 0 Å². The average Bonchev–Trinajstić information content (AvgIpc) is 2.45. The molecule has 1 aromatic rings. The van der Waals surface area contributed by atoms with Gasteiger partial charge in [-0.2, -0.15) is 4.72 Å². The summed E-state index contributed by atoms with van der Waals surface area (Å²) in [6, 6.07) is 5.20. The van der Waals surface area contributed by atoms with E-state index in [1.807, 2.05) is 6.92 Å². The van der Waals surface area contributed by atoms with Gasteiger partial charge in [0.15, 0.2) is 0 Å². The molecule has 0 bridgehead atoms. The first-order chi connectivity index (χ1) is 9.31. The Kier molecular flexibility index (Phi) is 5.67. The van der Waals surface area contributed by atoms with Gasteiger partial charge < -0.3 is 10.5 Å². The highest BCUT2D eigenvalue weighted by molar-refractivity contribution is 7.89. The maximum atomic E-state index is 12.2. The zero-order chi connectivity index (χ0) is 15.3. The highest BCUT2D eigenvalue weighted by Crippen LogP contribution is 2.18. The van der Waals surface area contributed by atoms with Gasteiger partial charge in [0.1, 0.15) is 6.04 Å². The van der Waals surface area contributed by atoms with Crippen LogP contribution in [-0.4, -0.2) is 27.5 Å². The Morgan fingerprint density at radius 1 is 1.45 bits per heavy atom. The van der Waals surface area contributed by atoms with Crippen LogP contribution in [0.4, 0.5) is 0 Å². The van der Waals surface area contributed by atoms with E-state index >= 15 is 0 Å². The fourth-order valence-electron chi connectivity index (χ4n) is 1.67. The second kappa shape index (κ2) is 6.83. The summed E-state index contributed by atoms with van der Waals surface area (Å²) < 4.78 is 31.1. The summed E-state index contributed by atoms with van der Waals surface area (Å²) in [6.07, 6.45) is 0.704. The van der Waals surface area contributed by atoms with Crippen LogP contribution in [0, 0.1) is 0 Å². The third kappa shape index (κ3) is 4.03. The molecule has 0 fully saturated rings. The van der Waals surface area contributed by atoms with Crippen LogP contribution >= 0.6 is 0 Å². The van der Waals surface area contributed by atoms with Crippen molar-refractivity contribution in [3.05, 3.63) is 29.8 Å². The van der Waals surface area contributed by atoms with Gasteiger partial charge >= 0.3 is 5.97 Å². The average molecular weight is 300 g/mol. The Balaban J connectivity index is 3.01. The topological polar surface area (TPSA) is 98.5 Å². The normalized spacial score (nSPS) is 14.6. The minimum Gasteiger partial charge on any atom is -0.468 e. The zero-order valence-corrected chi connectivity index (χ0v) is 12.6. The Labute approximate surface area is 119 Å². The number of sulfonamides is 1. The predicted molar refractivity (Wildman–Crippen MR) is 75.5 cm³/mol. The maximum Gasteiger partial charge on any atom is 0.323 e. The van der Waals surface area contributed by atoms with Gasteiger partial charge in [0, 0.05) is 6.04 Å². The van der Waals surface area contributed by atoms with E-state index in [2.05, 4.69) is 9.46 Å². The van der Waals surface area contributed by atoms with Crippen LogP contribution in [0.3, 0.4) is 0 Å². The summed E-state index contributed by atoms with van der Waals surface area (Å²) >= 11 is 0. The van der Waals surface area contributed by atoms with E-state index in [-0.39, 0.29) is 10.9 Å². The Hall–Kier alpha value is -1.44. The van der Waals surface area contributed by atoms with Gasteiger partial charge in [-0.3, -0.25) is 4.79 Å². The second-order valence-corrected chi connectivity index (χ2v) is 6.17. The van der Waals surface area contributed by atoms with Crippen LogP contribution in [0.2, 0.25) is 0 Å². The smallest absolute Gasteiger partial charge is 0.323 e. The van der Waals surface area contributed by atoms with Gasteiger partial charge in [0.25, 0.3) is 0 Å². The Morgan fingerprint density at radius 3 is 2.65 bits per heavy atom. The largest absolute Gasteiger partial charge is 0.468 e. The lowest BCUT2D eigenvalue weighted by atomic mass is 10.1. The van der Waals surface area contributed by atoms with Crippen molar-refractivity contribution < 1.29 is 17.9 Å². The van der Waals surface area contributed by atoms with Gasteiger partial charge in [-0.1, -0.05) is 19.1 Å². The van der Waals surface area contributed by atoms with Gasteiger partial charge in [0.05, 0.1) is 12.0 Å². The van der Waals surface area contributed by atoms with Gasteiger partial charge in [0.2, 0.25) is 10.0 Å². The minimum absolute atomic E-state index is 0.0784. The summed E-state index contributed by atoms with van der Waals surface area (Å²) in [5.74, 6) is -0.644. The molecule has 0 aliphatic heterocycles. The maximum absolute atomic E-state index is 12.2. The molecule has 112 valence electrons. The van der Waals surface area contributed by atoms with Crippen molar-refractivity contribution in [2.45, 2.75) is 37.2 Å². The molecule has 0 heterocycles. The van der Waals surface area contributed by atoms with Crippen LogP contribution in [0.1, 0.15) is 31.9 Å². The van der Waals surface area contributed by atoms with E-state index in [1.165, 1.54) is 26.2 Å². The Bertz CT molecular complexity index is 571. The number of benzene rings is 1. The number of esters is 1. The molecule has 0 amide bonds. The third-order valence-electron chi connectivity index (χ3n) is 2.92. The molecule has 0 saturated heterocycles. The molecule has 0 aliphatic rings. The van der Waals surface area contributed by atoms with E-state index in [1.54, 1.807) is 12.1 Å². The summed E-state index contributed by atoms with van der Waals surface area (Å²) in [5, 5.41) is 0. The van der Waals surface area contributed by atoms with Crippen LogP contribution in [0.15, 0.2) is 29.2 Å². The molecule has 0 spiro atoms. The molecule has 3 N–H and O–H groups in total. The number of rotatable bonds is 6. The monoisotopic (exact) mass is 300 g/mol. The van der Waals surface area contributed by atoms with Gasteiger partial charge in [-0.15, -0.1) is 0 Å². The van der Waals surface area contributed by atoms with Crippen LogP contribution in [0.5, 0.6) is 0 Å². The molecule has 0 aromatic heterocycles. The first-order valence-corrected chi connectivity index (χ1v) is 7.75. The summed E-state index contributed by atoms with van der Waals surface area (Å²) in [5.41, 5.74) is 6.63. The van der Waals surface area contributed by atoms with Crippen molar-refractivity contribution in [3.8, 4) is 0 Å². The lowest BCUT2D eigenvalue weighted by molar-refractivity contribution is -0.142.